The summed E-state index contributed by atoms with van der Waals surface area (Å²) >= 11 is 0. The van der Waals surface area contributed by atoms with Crippen LogP contribution in [-0.2, 0) is 0 Å². The normalized spacial score (nSPS) is 9.88. The van der Waals surface area contributed by atoms with Crippen molar-refractivity contribution in [3.63, 3.8) is 0 Å². The minimum absolute atomic E-state index is 0.180. The summed E-state index contributed by atoms with van der Waals surface area (Å²) in [7, 11) is 1.62. The van der Waals surface area contributed by atoms with Gasteiger partial charge in [-0.2, -0.15) is 0 Å². The van der Waals surface area contributed by atoms with Gasteiger partial charge in [-0.15, -0.1) is 6.58 Å². The van der Waals surface area contributed by atoms with Gasteiger partial charge in [0.1, 0.15) is 18.1 Å². The Bertz CT molecular complexity index is 671. The van der Waals surface area contributed by atoms with Crippen LogP contribution in [0.5, 0.6) is 11.5 Å². The van der Waals surface area contributed by atoms with Gasteiger partial charge in [-0.1, -0.05) is 6.08 Å². The molecule has 6 heteroatoms. The van der Waals surface area contributed by atoms with Crippen molar-refractivity contribution in [2.75, 3.05) is 32.1 Å². The van der Waals surface area contributed by atoms with Crippen LogP contribution in [-0.4, -0.2) is 37.7 Å². The molecule has 1 heterocycles. The number of pyridine rings is 1. The van der Waals surface area contributed by atoms with Gasteiger partial charge in [-0.3, -0.25) is 9.78 Å². The van der Waals surface area contributed by atoms with E-state index in [4.69, 9.17) is 9.47 Å². The van der Waals surface area contributed by atoms with Crippen molar-refractivity contribution in [3.8, 4) is 11.5 Å². The fraction of sp³-hybridized carbons (Fsp3) is 0.222. The van der Waals surface area contributed by atoms with Gasteiger partial charge in [0.25, 0.3) is 5.91 Å². The molecule has 0 saturated heterocycles. The van der Waals surface area contributed by atoms with Gasteiger partial charge >= 0.3 is 0 Å². The van der Waals surface area contributed by atoms with Crippen molar-refractivity contribution in [1.29, 1.82) is 0 Å². The average Bonchev–Trinajstić information content (AvgIpc) is 2.64. The summed E-state index contributed by atoms with van der Waals surface area (Å²) < 4.78 is 10.7. The molecule has 1 aromatic carbocycles. The lowest BCUT2D eigenvalue weighted by Crippen LogP contribution is -2.23. The number of carbonyl (C=O) groups is 1. The summed E-state index contributed by atoms with van der Waals surface area (Å²) in [4.78, 5) is 15.9. The molecule has 0 aliphatic rings. The zero-order valence-corrected chi connectivity index (χ0v) is 13.6. The summed E-state index contributed by atoms with van der Waals surface area (Å²) in [6.45, 7) is 5.06. The van der Waals surface area contributed by atoms with Crippen molar-refractivity contribution < 1.29 is 14.3 Å². The van der Waals surface area contributed by atoms with Gasteiger partial charge in [0.15, 0.2) is 0 Å². The Balaban J connectivity index is 1.79. The van der Waals surface area contributed by atoms with E-state index < -0.39 is 0 Å². The molecule has 0 aliphatic heterocycles. The Labute approximate surface area is 141 Å². The Morgan fingerprint density at radius 3 is 2.71 bits per heavy atom. The highest BCUT2D eigenvalue weighted by Gasteiger charge is 2.05. The van der Waals surface area contributed by atoms with Gasteiger partial charge in [-0.25, -0.2) is 0 Å². The Hall–Kier alpha value is -3.02. The van der Waals surface area contributed by atoms with Crippen LogP contribution in [0.15, 0.2) is 55.4 Å². The molecule has 2 aromatic rings. The maximum Gasteiger partial charge on any atom is 0.253 e. The maximum atomic E-state index is 11.9. The molecule has 0 spiro atoms. The molecule has 0 fully saturated rings. The van der Waals surface area contributed by atoms with Crippen LogP contribution < -0.4 is 20.1 Å². The zero-order chi connectivity index (χ0) is 17.2. The van der Waals surface area contributed by atoms with Crippen LogP contribution in [0.3, 0.4) is 0 Å². The third-order valence-corrected chi connectivity index (χ3v) is 3.17. The van der Waals surface area contributed by atoms with Crippen LogP contribution in [0, 0.1) is 0 Å². The number of methoxy groups -OCH3 is 1. The highest BCUT2D eigenvalue weighted by molar-refractivity contribution is 5.94. The number of rotatable bonds is 9. The second-order valence-corrected chi connectivity index (χ2v) is 4.91. The number of nitrogens with zero attached hydrogens (tertiary/aromatic N) is 1. The van der Waals surface area contributed by atoms with E-state index in [1.807, 2.05) is 24.3 Å². The molecule has 0 unspecified atom stereocenters. The van der Waals surface area contributed by atoms with E-state index in [1.165, 1.54) is 6.20 Å². The topological polar surface area (TPSA) is 72.5 Å². The number of hydrogen-bond acceptors (Lipinski definition) is 5. The van der Waals surface area contributed by atoms with Crippen molar-refractivity contribution in [3.05, 3.63) is 60.9 Å². The van der Waals surface area contributed by atoms with E-state index >= 15 is 0 Å². The molecular weight excluding hydrogens is 306 g/mol. The quantitative estimate of drug-likeness (QED) is 0.547. The molecule has 1 amide bonds. The predicted molar refractivity (Wildman–Crippen MR) is 93.7 cm³/mol. The fourth-order valence-corrected chi connectivity index (χ4v) is 1.96. The third-order valence-electron chi connectivity index (χ3n) is 3.17. The zero-order valence-electron chi connectivity index (χ0n) is 13.6. The number of carbonyl (C=O) groups excluding carboxylic acids is 1. The summed E-state index contributed by atoms with van der Waals surface area (Å²) in [5.41, 5.74) is 1.26. The molecule has 6 nitrogen and oxygen atoms in total. The molecule has 1 aromatic heterocycles. The molecule has 2 rings (SSSR count). The lowest BCUT2D eigenvalue weighted by molar-refractivity contribution is 0.0957. The molecule has 0 atom stereocenters. The molecule has 0 bridgehead atoms. The van der Waals surface area contributed by atoms with Crippen LogP contribution >= 0.6 is 0 Å². The number of anilines is 1. The minimum atomic E-state index is -0.180. The van der Waals surface area contributed by atoms with Crippen molar-refractivity contribution in [2.45, 2.75) is 0 Å². The van der Waals surface area contributed by atoms with Crippen LogP contribution in [0.2, 0.25) is 0 Å². The van der Waals surface area contributed by atoms with Crippen molar-refractivity contribution >= 4 is 11.6 Å². The molecule has 126 valence electrons. The van der Waals surface area contributed by atoms with Crippen LogP contribution in [0.25, 0.3) is 0 Å². The van der Waals surface area contributed by atoms with E-state index in [0.717, 1.165) is 17.2 Å². The third kappa shape index (κ3) is 5.31. The van der Waals surface area contributed by atoms with Gasteiger partial charge in [-0.05, 0) is 30.3 Å². The van der Waals surface area contributed by atoms with Gasteiger partial charge in [0.05, 0.1) is 18.4 Å². The average molecular weight is 327 g/mol. The fourth-order valence-electron chi connectivity index (χ4n) is 1.96. The number of ether oxygens (including phenoxy) is 2. The van der Waals surface area contributed by atoms with E-state index in [1.54, 1.807) is 25.4 Å². The molecule has 0 aliphatic carbocycles. The van der Waals surface area contributed by atoms with E-state index in [9.17, 15) is 4.79 Å². The van der Waals surface area contributed by atoms with Gasteiger partial charge in [0, 0.05) is 25.5 Å². The highest BCUT2D eigenvalue weighted by Crippen LogP contribution is 2.16. The predicted octanol–water partition coefficient (Wildman–Crippen LogP) is 2.50. The highest BCUT2D eigenvalue weighted by atomic mass is 16.5. The first-order chi connectivity index (χ1) is 11.7. The molecule has 0 radical (unpaired) electrons. The second-order valence-electron chi connectivity index (χ2n) is 4.91. The Morgan fingerprint density at radius 1 is 1.25 bits per heavy atom. The Morgan fingerprint density at radius 2 is 2.00 bits per heavy atom. The molecular formula is C18H21N3O3. The SMILES string of the molecule is C=CCNC(=O)c1cncc(NCCOc2ccc(OC)cc2)c1. The summed E-state index contributed by atoms with van der Waals surface area (Å²) in [6.07, 6.45) is 4.82. The van der Waals surface area contributed by atoms with E-state index in [2.05, 4.69) is 22.2 Å². The summed E-state index contributed by atoms with van der Waals surface area (Å²) in [5, 5.41) is 5.89. The van der Waals surface area contributed by atoms with Crippen molar-refractivity contribution in [2.24, 2.45) is 0 Å². The lowest BCUT2D eigenvalue weighted by atomic mass is 10.2. The standard InChI is InChI=1S/C18H21N3O3/c1-3-8-21-18(22)14-11-15(13-19-12-14)20-9-10-24-17-6-4-16(23-2)5-7-17/h3-7,11-13,20H,1,8-10H2,2H3,(H,21,22). The van der Waals surface area contributed by atoms with Gasteiger partial charge < -0.3 is 20.1 Å². The van der Waals surface area contributed by atoms with E-state index in [0.29, 0.717) is 25.3 Å². The number of hydrogen-bond donors (Lipinski definition) is 2. The Kier molecular flexibility index (Phi) is 6.64. The first kappa shape index (κ1) is 17.3. The van der Waals surface area contributed by atoms with Crippen molar-refractivity contribution in [1.82, 2.24) is 10.3 Å². The molecule has 0 saturated carbocycles. The lowest BCUT2D eigenvalue weighted by Gasteiger charge is -2.10. The number of amides is 1. The summed E-state index contributed by atoms with van der Waals surface area (Å²) in [6, 6.07) is 9.14. The minimum Gasteiger partial charge on any atom is -0.497 e. The maximum absolute atomic E-state index is 11.9. The number of aromatic nitrogens is 1. The first-order valence-electron chi connectivity index (χ1n) is 7.58. The second kappa shape index (κ2) is 9.19. The molecule has 2 N–H and O–H groups in total. The smallest absolute Gasteiger partial charge is 0.253 e. The summed E-state index contributed by atoms with van der Waals surface area (Å²) in [5.74, 6) is 1.38. The largest absolute Gasteiger partial charge is 0.497 e. The van der Waals surface area contributed by atoms with Gasteiger partial charge in [0.2, 0.25) is 0 Å². The molecule has 24 heavy (non-hydrogen) atoms. The number of nitrogens with one attached hydrogen (secondary N) is 2. The van der Waals surface area contributed by atoms with E-state index in [-0.39, 0.29) is 5.91 Å². The van der Waals surface area contributed by atoms with Crippen LogP contribution in [0.4, 0.5) is 5.69 Å². The van der Waals surface area contributed by atoms with Crippen LogP contribution in [0.1, 0.15) is 10.4 Å². The first-order valence-corrected chi connectivity index (χ1v) is 7.58. The monoisotopic (exact) mass is 327 g/mol. The number of benzene rings is 1.